The fourth-order valence-corrected chi connectivity index (χ4v) is 1.93. The second-order valence-corrected chi connectivity index (χ2v) is 4.34. The maximum Gasteiger partial charge on any atom is 0.193 e. The third-order valence-electron chi connectivity index (χ3n) is 2.91. The van der Waals surface area contributed by atoms with Crippen LogP contribution in [0.15, 0.2) is 29.3 Å². The fourth-order valence-electron chi connectivity index (χ4n) is 1.93. The van der Waals surface area contributed by atoms with E-state index < -0.39 is 0 Å². The number of hydrogen-bond donors (Lipinski definition) is 1. The number of ether oxygens (including phenoxy) is 2. The zero-order valence-electron chi connectivity index (χ0n) is 13.3. The van der Waals surface area contributed by atoms with Gasteiger partial charge in [0.25, 0.3) is 0 Å². The van der Waals surface area contributed by atoms with Crippen LogP contribution in [0.1, 0.15) is 12.5 Å². The molecule has 0 bridgehead atoms. The highest BCUT2D eigenvalue weighted by molar-refractivity contribution is 14.0. The predicted molar refractivity (Wildman–Crippen MR) is 97.7 cm³/mol. The Labute approximate surface area is 144 Å². The van der Waals surface area contributed by atoms with Crippen LogP contribution in [0, 0.1) is 0 Å². The smallest absolute Gasteiger partial charge is 0.193 e. The Kier molecular flexibility index (Phi) is 11.1. The Morgan fingerprint density at radius 3 is 2.67 bits per heavy atom. The molecule has 0 radical (unpaired) electrons. The molecular weight excluding hydrogens is 381 g/mol. The number of hydrogen-bond acceptors (Lipinski definition) is 3. The van der Waals surface area contributed by atoms with Gasteiger partial charge >= 0.3 is 0 Å². The van der Waals surface area contributed by atoms with E-state index in [9.17, 15) is 0 Å². The number of nitrogens with one attached hydrogen (secondary N) is 1. The first kappa shape index (κ1) is 20.0. The highest BCUT2D eigenvalue weighted by atomic mass is 127. The van der Waals surface area contributed by atoms with E-state index in [-0.39, 0.29) is 24.0 Å². The van der Waals surface area contributed by atoms with E-state index in [0.29, 0.717) is 6.61 Å². The van der Waals surface area contributed by atoms with Gasteiger partial charge in [0.1, 0.15) is 5.75 Å². The van der Waals surface area contributed by atoms with Crippen LogP contribution in [0.2, 0.25) is 0 Å². The minimum absolute atomic E-state index is 0. The van der Waals surface area contributed by atoms with Crippen molar-refractivity contribution in [3.05, 3.63) is 29.8 Å². The van der Waals surface area contributed by atoms with Gasteiger partial charge in [-0.2, -0.15) is 0 Å². The van der Waals surface area contributed by atoms with Crippen LogP contribution >= 0.6 is 24.0 Å². The summed E-state index contributed by atoms with van der Waals surface area (Å²) in [6.45, 7) is 4.88. The molecule has 1 aromatic rings. The van der Waals surface area contributed by atoms with Gasteiger partial charge < -0.3 is 19.7 Å². The van der Waals surface area contributed by atoms with E-state index >= 15 is 0 Å². The Bertz CT molecular complexity index is 427. The number of para-hydroxylation sites is 1. The Morgan fingerprint density at radius 1 is 1.33 bits per heavy atom. The SMILES string of the molecule is CCOCCNC(=NC)N(C)Cc1ccccc1OC.I. The lowest BCUT2D eigenvalue weighted by Crippen LogP contribution is -2.40. The normalized spacial score (nSPS) is 10.8. The lowest BCUT2D eigenvalue weighted by Gasteiger charge is -2.23. The molecule has 0 aromatic heterocycles. The molecule has 1 aromatic carbocycles. The Balaban J connectivity index is 0.00000400. The van der Waals surface area contributed by atoms with E-state index in [1.807, 2.05) is 32.2 Å². The molecule has 0 amide bonds. The number of methoxy groups -OCH3 is 1. The molecule has 1 N–H and O–H groups in total. The summed E-state index contributed by atoms with van der Waals surface area (Å²) in [5, 5.41) is 3.27. The van der Waals surface area contributed by atoms with Gasteiger partial charge in [-0.05, 0) is 13.0 Å². The Morgan fingerprint density at radius 2 is 2.05 bits per heavy atom. The first-order valence-electron chi connectivity index (χ1n) is 6.84. The highest BCUT2D eigenvalue weighted by Crippen LogP contribution is 2.18. The molecule has 21 heavy (non-hydrogen) atoms. The third kappa shape index (κ3) is 6.99. The van der Waals surface area contributed by atoms with Gasteiger partial charge in [-0.3, -0.25) is 4.99 Å². The highest BCUT2D eigenvalue weighted by Gasteiger charge is 2.09. The van der Waals surface area contributed by atoms with Crippen molar-refractivity contribution in [3.63, 3.8) is 0 Å². The summed E-state index contributed by atoms with van der Waals surface area (Å²) in [5.74, 6) is 1.74. The molecule has 0 heterocycles. The van der Waals surface area contributed by atoms with Crippen molar-refractivity contribution in [2.75, 3.05) is 41.0 Å². The largest absolute Gasteiger partial charge is 0.496 e. The Hall–Kier alpha value is -1.02. The van der Waals surface area contributed by atoms with E-state index in [4.69, 9.17) is 9.47 Å². The summed E-state index contributed by atoms with van der Waals surface area (Å²) < 4.78 is 10.7. The van der Waals surface area contributed by atoms with Crippen molar-refractivity contribution in [2.24, 2.45) is 4.99 Å². The fraction of sp³-hybridized carbons (Fsp3) is 0.533. The molecule has 0 aliphatic heterocycles. The minimum atomic E-state index is 0. The molecular formula is C15H26IN3O2. The second-order valence-electron chi connectivity index (χ2n) is 4.34. The third-order valence-corrected chi connectivity index (χ3v) is 2.91. The number of aliphatic imine (C=N–C) groups is 1. The lowest BCUT2D eigenvalue weighted by atomic mass is 10.2. The first-order valence-corrected chi connectivity index (χ1v) is 6.84. The van der Waals surface area contributed by atoms with Crippen molar-refractivity contribution in [2.45, 2.75) is 13.5 Å². The zero-order valence-corrected chi connectivity index (χ0v) is 15.6. The molecule has 1 rings (SSSR count). The predicted octanol–water partition coefficient (Wildman–Crippen LogP) is 2.36. The van der Waals surface area contributed by atoms with E-state index in [1.54, 1.807) is 14.2 Å². The molecule has 5 nitrogen and oxygen atoms in total. The van der Waals surface area contributed by atoms with Crippen molar-refractivity contribution in [3.8, 4) is 5.75 Å². The van der Waals surface area contributed by atoms with Gasteiger partial charge in [-0.1, -0.05) is 18.2 Å². The molecule has 0 spiro atoms. The van der Waals surface area contributed by atoms with Gasteiger partial charge in [0.2, 0.25) is 0 Å². The van der Waals surface area contributed by atoms with Crippen molar-refractivity contribution in [1.82, 2.24) is 10.2 Å². The zero-order chi connectivity index (χ0) is 14.8. The lowest BCUT2D eigenvalue weighted by molar-refractivity contribution is 0.152. The maximum absolute atomic E-state index is 5.37. The molecule has 0 aliphatic carbocycles. The van der Waals surface area contributed by atoms with Gasteiger partial charge in [0.15, 0.2) is 5.96 Å². The van der Waals surface area contributed by atoms with Crippen molar-refractivity contribution >= 4 is 29.9 Å². The topological polar surface area (TPSA) is 46.1 Å². The summed E-state index contributed by atoms with van der Waals surface area (Å²) in [7, 11) is 5.47. The number of guanidine groups is 1. The van der Waals surface area contributed by atoms with Crippen LogP contribution in [0.3, 0.4) is 0 Å². The molecule has 0 unspecified atom stereocenters. The maximum atomic E-state index is 5.37. The minimum Gasteiger partial charge on any atom is -0.496 e. The molecule has 0 atom stereocenters. The average molecular weight is 407 g/mol. The van der Waals surface area contributed by atoms with E-state index in [1.165, 1.54) is 0 Å². The number of rotatable bonds is 7. The van der Waals surface area contributed by atoms with Crippen LogP contribution in [0.4, 0.5) is 0 Å². The molecule has 0 saturated carbocycles. The van der Waals surface area contributed by atoms with Crippen LogP contribution in [0.25, 0.3) is 0 Å². The summed E-state index contributed by atoms with van der Waals surface area (Å²) in [5.41, 5.74) is 1.13. The van der Waals surface area contributed by atoms with Gasteiger partial charge in [0, 0.05) is 39.4 Å². The van der Waals surface area contributed by atoms with Crippen LogP contribution in [0.5, 0.6) is 5.75 Å². The second kappa shape index (κ2) is 11.6. The average Bonchev–Trinajstić information content (AvgIpc) is 2.48. The molecule has 0 fully saturated rings. The van der Waals surface area contributed by atoms with Gasteiger partial charge in [-0.25, -0.2) is 0 Å². The monoisotopic (exact) mass is 407 g/mol. The molecule has 120 valence electrons. The summed E-state index contributed by atoms with van der Waals surface area (Å²) in [6.07, 6.45) is 0. The first-order chi connectivity index (χ1) is 9.72. The number of nitrogens with zero attached hydrogens (tertiary/aromatic N) is 2. The number of benzene rings is 1. The molecule has 6 heteroatoms. The standard InChI is InChI=1S/C15H25N3O2.HI/c1-5-20-11-10-17-15(16-2)18(3)12-13-8-6-7-9-14(13)19-4;/h6-9H,5,10-12H2,1-4H3,(H,16,17);1H. The van der Waals surface area contributed by atoms with Gasteiger partial charge in [-0.15, -0.1) is 24.0 Å². The summed E-state index contributed by atoms with van der Waals surface area (Å²) in [4.78, 5) is 6.33. The molecule has 0 saturated heterocycles. The summed E-state index contributed by atoms with van der Waals surface area (Å²) in [6, 6.07) is 8.01. The number of halogens is 1. The van der Waals surface area contributed by atoms with E-state index in [0.717, 1.165) is 37.0 Å². The quantitative estimate of drug-likeness (QED) is 0.326. The molecule has 0 aliphatic rings. The van der Waals surface area contributed by atoms with E-state index in [2.05, 4.69) is 21.3 Å². The van der Waals surface area contributed by atoms with Crippen LogP contribution in [-0.2, 0) is 11.3 Å². The van der Waals surface area contributed by atoms with Crippen LogP contribution < -0.4 is 10.1 Å². The van der Waals surface area contributed by atoms with Crippen molar-refractivity contribution in [1.29, 1.82) is 0 Å². The van der Waals surface area contributed by atoms with Crippen molar-refractivity contribution < 1.29 is 9.47 Å². The van der Waals surface area contributed by atoms with Crippen LogP contribution in [-0.4, -0.2) is 51.8 Å². The van der Waals surface area contributed by atoms with Gasteiger partial charge in [0.05, 0.1) is 13.7 Å². The summed E-state index contributed by atoms with van der Waals surface area (Å²) >= 11 is 0.